The van der Waals surface area contributed by atoms with Crippen molar-refractivity contribution in [1.29, 1.82) is 0 Å². The lowest BCUT2D eigenvalue weighted by molar-refractivity contribution is -0.404. The lowest BCUT2D eigenvalue weighted by Gasteiger charge is -2.11. The van der Waals surface area contributed by atoms with Crippen molar-refractivity contribution in [3.63, 3.8) is 0 Å². The molecule has 0 aliphatic heterocycles. The quantitative estimate of drug-likeness (QED) is 0.211. The van der Waals surface area contributed by atoms with Crippen LogP contribution in [0.1, 0.15) is 17.1 Å². The molecule has 9 heteroatoms. The summed E-state index contributed by atoms with van der Waals surface area (Å²) >= 11 is 1.72. The van der Waals surface area contributed by atoms with Crippen molar-refractivity contribution in [3.05, 3.63) is 81.8 Å². The summed E-state index contributed by atoms with van der Waals surface area (Å²) in [6.45, 7) is 2.00. The number of hydrogen-bond acceptors (Lipinski definition) is 7. The topological polar surface area (TPSA) is 99.4 Å². The maximum Gasteiger partial charge on any atom is 0.274 e. The van der Waals surface area contributed by atoms with Gasteiger partial charge >= 0.3 is 0 Å². The molecule has 0 unspecified atom stereocenters. The predicted octanol–water partition coefficient (Wildman–Crippen LogP) is 3.55. The Bertz CT molecular complexity index is 1010. The normalized spacial score (nSPS) is 11.9. The fourth-order valence-corrected chi connectivity index (χ4v) is 4.00. The Hall–Kier alpha value is -2.91. The van der Waals surface area contributed by atoms with Gasteiger partial charge in [-0.1, -0.05) is 18.2 Å². The van der Waals surface area contributed by atoms with Gasteiger partial charge in [-0.25, -0.2) is 0 Å². The summed E-state index contributed by atoms with van der Waals surface area (Å²) in [6, 6.07) is 12.1. The first-order valence-electron chi connectivity index (χ1n) is 10.2. The monoisotopic (exact) mass is 443 g/mol. The molecule has 0 bridgehead atoms. The van der Waals surface area contributed by atoms with Crippen molar-refractivity contribution < 1.29 is 9.34 Å². The maximum atomic E-state index is 11.0. The summed E-state index contributed by atoms with van der Waals surface area (Å²) in [6.07, 6.45) is 3.75. The number of nitro groups is 1. The second kappa shape index (κ2) is 11.5. The zero-order chi connectivity index (χ0) is 22.1. The molecular weight excluding hydrogens is 414 g/mol. The Balaban J connectivity index is 1.39. The molecule has 2 heterocycles. The SMILES string of the molecule is CN(C)Cc1ccc(CSCCN/C(=C/[N+](=O)[O-])NCCc2c[nH]c3ccccc23)o1. The third-order valence-corrected chi connectivity index (χ3v) is 5.60. The van der Waals surface area contributed by atoms with E-state index in [9.17, 15) is 10.1 Å². The number of para-hydroxylation sites is 1. The van der Waals surface area contributed by atoms with E-state index < -0.39 is 4.92 Å². The summed E-state index contributed by atoms with van der Waals surface area (Å²) in [5.41, 5.74) is 2.28. The molecule has 31 heavy (non-hydrogen) atoms. The van der Waals surface area contributed by atoms with Crippen LogP contribution in [0.25, 0.3) is 10.9 Å². The van der Waals surface area contributed by atoms with Crippen LogP contribution in [0.2, 0.25) is 0 Å². The van der Waals surface area contributed by atoms with Crippen LogP contribution >= 0.6 is 11.8 Å². The van der Waals surface area contributed by atoms with Crippen LogP contribution < -0.4 is 10.6 Å². The minimum atomic E-state index is -0.441. The zero-order valence-electron chi connectivity index (χ0n) is 17.9. The van der Waals surface area contributed by atoms with Crippen molar-refractivity contribution >= 4 is 22.7 Å². The molecule has 166 valence electrons. The van der Waals surface area contributed by atoms with Gasteiger partial charge in [-0.05, 0) is 44.3 Å². The van der Waals surface area contributed by atoms with Gasteiger partial charge in [0.15, 0.2) is 5.82 Å². The van der Waals surface area contributed by atoms with E-state index >= 15 is 0 Å². The average molecular weight is 444 g/mol. The summed E-state index contributed by atoms with van der Waals surface area (Å²) in [7, 11) is 4.01. The molecule has 0 saturated heterocycles. The van der Waals surface area contributed by atoms with Gasteiger partial charge in [0.2, 0.25) is 0 Å². The standard InChI is InChI=1S/C22H29N5O3S/c1-26(2)14-18-7-8-19(30-18)16-31-12-11-24-22(15-27(28)29)23-10-9-17-13-25-21-6-4-3-5-20(17)21/h3-8,13,15,23-25H,9-12,14,16H2,1-2H3/b22-15+. The number of hydrogen-bond donors (Lipinski definition) is 3. The third kappa shape index (κ3) is 7.37. The van der Waals surface area contributed by atoms with E-state index in [1.165, 1.54) is 10.9 Å². The highest BCUT2D eigenvalue weighted by Crippen LogP contribution is 2.18. The van der Waals surface area contributed by atoms with Crippen LogP contribution in [-0.4, -0.2) is 47.7 Å². The van der Waals surface area contributed by atoms with Gasteiger partial charge in [-0.2, -0.15) is 11.8 Å². The van der Waals surface area contributed by atoms with Crippen LogP contribution in [0, 0.1) is 10.1 Å². The zero-order valence-corrected chi connectivity index (χ0v) is 18.7. The number of aromatic nitrogens is 1. The number of benzene rings is 1. The van der Waals surface area contributed by atoms with E-state index in [1.54, 1.807) is 11.8 Å². The van der Waals surface area contributed by atoms with Crippen LogP contribution in [0.3, 0.4) is 0 Å². The van der Waals surface area contributed by atoms with Crippen molar-refractivity contribution in [2.24, 2.45) is 0 Å². The Morgan fingerprint density at radius 2 is 1.97 bits per heavy atom. The molecule has 0 radical (unpaired) electrons. The molecule has 0 spiro atoms. The van der Waals surface area contributed by atoms with Gasteiger partial charge in [0.1, 0.15) is 11.5 Å². The number of thioether (sulfide) groups is 1. The predicted molar refractivity (Wildman–Crippen MR) is 125 cm³/mol. The highest BCUT2D eigenvalue weighted by atomic mass is 32.2. The second-order valence-corrected chi connectivity index (χ2v) is 8.55. The summed E-state index contributed by atoms with van der Waals surface area (Å²) in [4.78, 5) is 15.8. The molecule has 0 saturated carbocycles. The Kier molecular flexibility index (Phi) is 8.43. The van der Waals surface area contributed by atoms with Crippen molar-refractivity contribution in [1.82, 2.24) is 20.5 Å². The van der Waals surface area contributed by atoms with Gasteiger partial charge in [0.05, 0.1) is 17.2 Å². The molecule has 0 amide bonds. The Morgan fingerprint density at radius 3 is 2.77 bits per heavy atom. The van der Waals surface area contributed by atoms with Gasteiger partial charge in [0.25, 0.3) is 6.20 Å². The van der Waals surface area contributed by atoms with Crippen molar-refractivity contribution in [2.75, 3.05) is 32.9 Å². The molecule has 0 fully saturated rings. The molecule has 0 aliphatic rings. The molecule has 0 atom stereocenters. The lowest BCUT2D eigenvalue weighted by Crippen LogP contribution is -2.30. The highest BCUT2D eigenvalue weighted by Gasteiger charge is 2.07. The third-order valence-electron chi connectivity index (χ3n) is 4.61. The number of nitrogens with zero attached hydrogens (tertiary/aromatic N) is 2. The number of nitrogens with one attached hydrogen (secondary N) is 3. The summed E-state index contributed by atoms with van der Waals surface area (Å²) < 4.78 is 5.80. The van der Waals surface area contributed by atoms with Gasteiger partial charge in [-0.15, -0.1) is 0 Å². The molecule has 3 rings (SSSR count). The van der Waals surface area contributed by atoms with Gasteiger partial charge < -0.3 is 24.9 Å². The number of aromatic amines is 1. The highest BCUT2D eigenvalue weighted by molar-refractivity contribution is 7.98. The van der Waals surface area contributed by atoms with E-state index in [0.717, 1.165) is 47.7 Å². The lowest BCUT2D eigenvalue weighted by atomic mass is 10.1. The molecule has 8 nitrogen and oxygen atoms in total. The number of fused-ring (bicyclic) bond motifs is 1. The van der Waals surface area contributed by atoms with Crippen LogP contribution in [0.15, 0.2) is 59.0 Å². The van der Waals surface area contributed by atoms with E-state index in [2.05, 4.69) is 26.6 Å². The minimum Gasteiger partial charge on any atom is -0.464 e. The van der Waals surface area contributed by atoms with Crippen LogP contribution in [0.4, 0.5) is 0 Å². The Morgan fingerprint density at radius 1 is 1.19 bits per heavy atom. The maximum absolute atomic E-state index is 11.0. The van der Waals surface area contributed by atoms with Gasteiger partial charge in [0, 0.05) is 35.9 Å². The second-order valence-electron chi connectivity index (χ2n) is 7.45. The first-order chi connectivity index (χ1) is 15.0. The Labute approximate surface area is 186 Å². The molecule has 3 aromatic rings. The molecule has 1 aromatic carbocycles. The minimum absolute atomic E-state index is 0.428. The molecule has 0 aliphatic carbocycles. The molecule has 3 N–H and O–H groups in total. The van der Waals surface area contributed by atoms with Gasteiger partial charge in [-0.3, -0.25) is 10.1 Å². The largest absolute Gasteiger partial charge is 0.464 e. The number of H-pyrrole nitrogens is 1. The fraction of sp³-hybridized carbons (Fsp3) is 0.364. The van der Waals surface area contributed by atoms with E-state index in [0.29, 0.717) is 18.9 Å². The summed E-state index contributed by atoms with van der Waals surface area (Å²) in [5.74, 6) is 3.91. The number of furan rings is 1. The number of rotatable bonds is 13. The van der Waals surface area contributed by atoms with E-state index in [4.69, 9.17) is 4.42 Å². The fourth-order valence-electron chi connectivity index (χ4n) is 3.26. The van der Waals surface area contributed by atoms with Crippen molar-refractivity contribution in [3.8, 4) is 0 Å². The first-order valence-corrected chi connectivity index (χ1v) is 11.3. The molecular formula is C22H29N5O3S. The molecule has 2 aromatic heterocycles. The van der Waals surface area contributed by atoms with Crippen LogP contribution in [-0.2, 0) is 18.7 Å². The summed E-state index contributed by atoms with van der Waals surface area (Å²) in [5, 5.41) is 18.4. The van der Waals surface area contributed by atoms with Crippen LogP contribution in [0.5, 0.6) is 0 Å². The average Bonchev–Trinajstić information content (AvgIpc) is 3.33. The first kappa shape index (κ1) is 22.8. The smallest absolute Gasteiger partial charge is 0.274 e. The van der Waals surface area contributed by atoms with E-state index in [-0.39, 0.29) is 0 Å². The van der Waals surface area contributed by atoms with E-state index in [1.807, 2.05) is 50.6 Å². The van der Waals surface area contributed by atoms with Crippen molar-refractivity contribution in [2.45, 2.75) is 18.7 Å².